The van der Waals surface area contributed by atoms with Crippen LogP contribution >= 0.6 is 0 Å². The molecule has 0 saturated carbocycles. The first-order valence-corrected chi connectivity index (χ1v) is 8.16. The van der Waals surface area contributed by atoms with Crippen LogP contribution in [0.2, 0.25) is 0 Å². The summed E-state index contributed by atoms with van der Waals surface area (Å²) < 4.78 is 7.33. The quantitative estimate of drug-likeness (QED) is 0.877. The third kappa shape index (κ3) is 3.89. The molecule has 1 aliphatic rings. The van der Waals surface area contributed by atoms with Gasteiger partial charge in [0.25, 0.3) is 0 Å². The second kappa shape index (κ2) is 7.40. The predicted molar refractivity (Wildman–Crippen MR) is 92.7 cm³/mol. The van der Waals surface area contributed by atoms with E-state index in [4.69, 9.17) is 4.74 Å². The van der Waals surface area contributed by atoms with Gasteiger partial charge in [-0.1, -0.05) is 0 Å². The third-order valence-corrected chi connectivity index (χ3v) is 4.23. The summed E-state index contributed by atoms with van der Waals surface area (Å²) in [5.41, 5.74) is 3.58. The summed E-state index contributed by atoms with van der Waals surface area (Å²) in [7, 11) is 0. The molecule has 2 aromatic rings. The normalized spacial score (nSPS) is 15.8. The maximum atomic E-state index is 12.2. The maximum Gasteiger partial charge on any atom is 0.248 e. The molecule has 24 heavy (non-hydrogen) atoms. The summed E-state index contributed by atoms with van der Waals surface area (Å²) in [6.45, 7) is 5.42. The van der Waals surface area contributed by atoms with Gasteiger partial charge in [0.15, 0.2) is 0 Å². The maximum absolute atomic E-state index is 12.2. The van der Waals surface area contributed by atoms with Gasteiger partial charge in [-0.2, -0.15) is 5.10 Å². The van der Waals surface area contributed by atoms with Gasteiger partial charge in [-0.3, -0.25) is 14.5 Å². The van der Waals surface area contributed by atoms with Crippen molar-refractivity contribution in [3.8, 4) is 0 Å². The van der Waals surface area contributed by atoms with Crippen LogP contribution in [0.3, 0.4) is 0 Å². The number of aromatic nitrogens is 3. The zero-order valence-corrected chi connectivity index (χ0v) is 14.0. The fourth-order valence-corrected chi connectivity index (χ4v) is 2.73. The molecule has 6 nitrogen and oxygen atoms in total. The molecule has 3 heterocycles. The van der Waals surface area contributed by atoms with Crippen molar-refractivity contribution in [3.63, 3.8) is 0 Å². The predicted octanol–water partition coefficient (Wildman–Crippen LogP) is 2.90. The zero-order valence-electron chi connectivity index (χ0n) is 14.0. The van der Waals surface area contributed by atoms with Crippen molar-refractivity contribution < 1.29 is 9.53 Å². The largest absolute Gasteiger partial charge is 0.381 e. The molecule has 0 bridgehead atoms. The van der Waals surface area contributed by atoms with Crippen molar-refractivity contribution in [2.24, 2.45) is 0 Å². The zero-order chi connectivity index (χ0) is 16.9. The van der Waals surface area contributed by atoms with Gasteiger partial charge >= 0.3 is 0 Å². The number of amides is 1. The molecule has 0 unspecified atom stereocenters. The molecule has 1 amide bonds. The van der Waals surface area contributed by atoms with Crippen LogP contribution in [-0.2, 0) is 9.53 Å². The van der Waals surface area contributed by atoms with Crippen LogP contribution in [0.5, 0.6) is 0 Å². The molecular formula is C18H22N4O2. The minimum atomic E-state index is -0.173. The van der Waals surface area contributed by atoms with Crippen LogP contribution in [0.15, 0.2) is 30.7 Å². The van der Waals surface area contributed by atoms with E-state index in [9.17, 15) is 4.79 Å². The lowest BCUT2D eigenvalue weighted by molar-refractivity contribution is -0.111. The van der Waals surface area contributed by atoms with Gasteiger partial charge in [0.05, 0.1) is 17.4 Å². The fourth-order valence-electron chi connectivity index (χ4n) is 2.73. The van der Waals surface area contributed by atoms with E-state index < -0.39 is 0 Å². The van der Waals surface area contributed by atoms with Crippen LogP contribution in [0, 0.1) is 13.8 Å². The Kier molecular flexibility index (Phi) is 5.05. The van der Waals surface area contributed by atoms with E-state index in [2.05, 4.69) is 15.4 Å². The Morgan fingerprint density at radius 3 is 2.92 bits per heavy atom. The van der Waals surface area contributed by atoms with Crippen molar-refractivity contribution in [3.05, 3.63) is 47.6 Å². The molecule has 0 radical (unpaired) electrons. The van der Waals surface area contributed by atoms with Gasteiger partial charge in [-0.05, 0) is 50.0 Å². The molecule has 0 spiro atoms. The molecule has 2 aromatic heterocycles. The number of hydrogen-bond acceptors (Lipinski definition) is 4. The highest BCUT2D eigenvalue weighted by molar-refractivity contribution is 6.02. The highest BCUT2D eigenvalue weighted by Crippen LogP contribution is 2.23. The van der Waals surface area contributed by atoms with Crippen LogP contribution in [0.25, 0.3) is 6.08 Å². The van der Waals surface area contributed by atoms with Crippen molar-refractivity contribution >= 4 is 17.7 Å². The van der Waals surface area contributed by atoms with E-state index >= 15 is 0 Å². The highest BCUT2D eigenvalue weighted by atomic mass is 16.5. The molecule has 126 valence electrons. The van der Waals surface area contributed by atoms with Gasteiger partial charge in [-0.15, -0.1) is 0 Å². The monoisotopic (exact) mass is 326 g/mol. The molecule has 1 aliphatic heterocycles. The smallest absolute Gasteiger partial charge is 0.248 e. The van der Waals surface area contributed by atoms with Gasteiger partial charge < -0.3 is 10.1 Å². The Balaban J connectivity index is 1.66. The van der Waals surface area contributed by atoms with Gasteiger partial charge in [0.2, 0.25) is 5.91 Å². The number of aryl methyl sites for hydroxylation is 2. The third-order valence-electron chi connectivity index (χ3n) is 4.23. The number of pyridine rings is 1. The summed E-state index contributed by atoms with van der Waals surface area (Å²) in [5, 5.41) is 7.43. The number of carbonyl (C=O) groups excluding carboxylic acids is 1. The summed E-state index contributed by atoms with van der Waals surface area (Å²) in [6.07, 6.45) is 10.6. The van der Waals surface area contributed by atoms with E-state index in [1.54, 1.807) is 18.5 Å². The number of carbonyl (C=O) groups is 1. The van der Waals surface area contributed by atoms with Crippen molar-refractivity contribution in [2.75, 3.05) is 18.5 Å². The minimum absolute atomic E-state index is 0.173. The molecule has 0 aliphatic carbocycles. The lowest BCUT2D eigenvalue weighted by Crippen LogP contribution is -2.20. The van der Waals surface area contributed by atoms with E-state index in [-0.39, 0.29) is 5.91 Å². The molecule has 3 rings (SSSR count). The van der Waals surface area contributed by atoms with E-state index in [0.29, 0.717) is 6.04 Å². The average molecular weight is 326 g/mol. The summed E-state index contributed by atoms with van der Waals surface area (Å²) >= 11 is 0. The lowest BCUT2D eigenvalue weighted by atomic mass is 10.1. The number of hydrogen-bond donors (Lipinski definition) is 1. The van der Waals surface area contributed by atoms with Crippen LogP contribution in [0.4, 0.5) is 5.69 Å². The fraction of sp³-hybridized carbons (Fsp3) is 0.389. The average Bonchev–Trinajstić information content (AvgIpc) is 2.96. The van der Waals surface area contributed by atoms with E-state index in [0.717, 1.165) is 48.6 Å². The van der Waals surface area contributed by atoms with Crippen LogP contribution in [0.1, 0.15) is 35.7 Å². The second-order valence-corrected chi connectivity index (χ2v) is 6.01. The van der Waals surface area contributed by atoms with Crippen LogP contribution < -0.4 is 5.32 Å². The Bertz CT molecular complexity index is 745. The first kappa shape index (κ1) is 16.4. The van der Waals surface area contributed by atoms with Crippen molar-refractivity contribution in [2.45, 2.75) is 32.7 Å². The molecule has 1 fully saturated rings. The Morgan fingerprint density at radius 1 is 1.38 bits per heavy atom. The Morgan fingerprint density at radius 2 is 2.17 bits per heavy atom. The molecular weight excluding hydrogens is 304 g/mol. The van der Waals surface area contributed by atoms with Gasteiger partial charge in [0.1, 0.15) is 0 Å². The second-order valence-electron chi connectivity index (χ2n) is 6.01. The Labute approximate surface area is 141 Å². The van der Waals surface area contributed by atoms with Crippen molar-refractivity contribution in [1.82, 2.24) is 14.8 Å². The van der Waals surface area contributed by atoms with E-state index in [1.807, 2.05) is 30.8 Å². The van der Waals surface area contributed by atoms with E-state index in [1.165, 1.54) is 6.08 Å². The minimum Gasteiger partial charge on any atom is -0.381 e. The first-order valence-electron chi connectivity index (χ1n) is 8.16. The van der Waals surface area contributed by atoms with Crippen LogP contribution in [-0.4, -0.2) is 33.9 Å². The number of ether oxygens (including phenoxy) is 1. The number of anilines is 1. The summed E-state index contributed by atoms with van der Waals surface area (Å²) in [4.78, 5) is 16.2. The highest BCUT2D eigenvalue weighted by Gasteiger charge is 2.18. The summed E-state index contributed by atoms with van der Waals surface area (Å²) in [6, 6.07) is 2.26. The standard InChI is InChI=1S/C18H22N4O2/c1-13-5-8-19-11-15(13)3-4-18(23)20-17-12-22(21-14(17)2)16-6-9-24-10-7-16/h3-5,8,11-12,16H,6-7,9-10H2,1-2H3,(H,20,23)/b4-3+. The molecule has 1 N–H and O–H groups in total. The van der Waals surface area contributed by atoms with Gasteiger partial charge in [-0.25, -0.2) is 0 Å². The number of rotatable bonds is 4. The molecule has 1 saturated heterocycles. The summed E-state index contributed by atoms with van der Waals surface area (Å²) in [5.74, 6) is -0.173. The van der Waals surface area contributed by atoms with Crippen molar-refractivity contribution in [1.29, 1.82) is 0 Å². The number of nitrogens with zero attached hydrogens (tertiary/aromatic N) is 3. The Hall–Kier alpha value is -2.47. The number of nitrogens with one attached hydrogen (secondary N) is 1. The molecule has 0 aromatic carbocycles. The first-order chi connectivity index (χ1) is 11.6. The molecule has 0 atom stereocenters. The van der Waals surface area contributed by atoms with Gasteiger partial charge in [0, 0.05) is 37.9 Å². The lowest BCUT2D eigenvalue weighted by Gasteiger charge is -2.22. The topological polar surface area (TPSA) is 69.0 Å². The SMILES string of the molecule is Cc1ccncc1/C=C/C(=O)Nc1cn(C2CCOCC2)nc1C. The molecule has 6 heteroatoms.